The third-order valence-electron chi connectivity index (χ3n) is 3.56. The van der Waals surface area contributed by atoms with Crippen molar-refractivity contribution < 1.29 is 9.90 Å². The number of carboxylic acids is 1. The summed E-state index contributed by atoms with van der Waals surface area (Å²) in [5, 5.41) is 9.07. The Hall–Kier alpha value is -0.530. The fourth-order valence-corrected chi connectivity index (χ4v) is 2.95. The molecule has 0 aliphatic heterocycles. The highest BCUT2D eigenvalue weighted by atomic mass is 16.4. The zero-order chi connectivity index (χ0) is 7.90. The minimum atomic E-state index is -0.530. The summed E-state index contributed by atoms with van der Waals surface area (Å²) in [5.41, 5.74) is -0.278. The minimum Gasteiger partial charge on any atom is -0.481 e. The number of rotatable bonds is 1. The standard InChI is InChI=1S/C9H14O2/c10-8(11)9-5-1-3-7(9)4-2-6-9/h7H,1-6H2,(H,10,11). The van der Waals surface area contributed by atoms with Crippen LogP contribution in [-0.4, -0.2) is 11.1 Å². The van der Waals surface area contributed by atoms with E-state index in [4.69, 9.17) is 5.11 Å². The van der Waals surface area contributed by atoms with Crippen molar-refractivity contribution in [2.45, 2.75) is 38.5 Å². The predicted octanol–water partition coefficient (Wildman–Crippen LogP) is 2.04. The molecule has 62 valence electrons. The maximum Gasteiger partial charge on any atom is 0.309 e. The van der Waals surface area contributed by atoms with Gasteiger partial charge in [0.15, 0.2) is 0 Å². The molecule has 2 rings (SSSR count). The highest BCUT2D eigenvalue weighted by Crippen LogP contribution is 2.54. The van der Waals surface area contributed by atoms with Crippen LogP contribution in [0.1, 0.15) is 38.5 Å². The molecule has 2 fully saturated rings. The Morgan fingerprint density at radius 2 is 1.82 bits per heavy atom. The van der Waals surface area contributed by atoms with Gasteiger partial charge in [-0.15, -0.1) is 0 Å². The molecular weight excluding hydrogens is 140 g/mol. The summed E-state index contributed by atoms with van der Waals surface area (Å²) < 4.78 is 0. The van der Waals surface area contributed by atoms with Gasteiger partial charge in [-0.2, -0.15) is 0 Å². The van der Waals surface area contributed by atoms with Crippen molar-refractivity contribution in [3.05, 3.63) is 0 Å². The van der Waals surface area contributed by atoms with Crippen LogP contribution in [0, 0.1) is 11.3 Å². The summed E-state index contributed by atoms with van der Waals surface area (Å²) >= 11 is 0. The van der Waals surface area contributed by atoms with Crippen molar-refractivity contribution in [3.8, 4) is 0 Å². The lowest BCUT2D eigenvalue weighted by Gasteiger charge is -2.23. The van der Waals surface area contributed by atoms with E-state index in [2.05, 4.69) is 0 Å². The Kier molecular flexibility index (Phi) is 1.44. The van der Waals surface area contributed by atoms with Crippen LogP contribution in [0.25, 0.3) is 0 Å². The molecule has 0 unspecified atom stereocenters. The molecule has 0 radical (unpaired) electrons. The molecular formula is C9H14O2. The SMILES string of the molecule is O=C(O)C12CCCC1CCC2. The van der Waals surface area contributed by atoms with Crippen molar-refractivity contribution in [1.82, 2.24) is 0 Å². The van der Waals surface area contributed by atoms with Crippen LogP contribution in [0.2, 0.25) is 0 Å². The minimum absolute atomic E-state index is 0.278. The van der Waals surface area contributed by atoms with E-state index >= 15 is 0 Å². The first kappa shape index (κ1) is 7.14. The summed E-state index contributed by atoms with van der Waals surface area (Å²) in [4.78, 5) is 11.0. The third-order valence-corrected chi connectivity index (χ3v) is 3.56. The largest absolute Gasteiger partial charge is 0.481 e. The second-order valence-corrected chi connectivity index (χ2v) is 3.94. The van der Waals surface area contributed by atoms with E-state index in [1.54, 1.807) is 0 Å². The van der Waals surface area contributed by atoms with Gasteiger partial charge in [0.1, 0.15) is 0 Å². The molecule has 2 nitrogen and oxygen atoms in total. The summed E-state index contributed by atoms with van der Waals surface area (Å²) in [6.45, 7) is 0. The maximum atomic E-state index is 11.0. The summed E-state index contributed by atoms with van der Waals surface area (Å²) in [5.74, 6) is -0.0162. The predicted molar refractivity (Wildman–Crippen MR) is 41.3 cm³/mol. The molecule has 2 saturated carbocycles. The molecule has 2 heteroatoms. The Labute approximate surface area is 66.6 Å². The Bertz CT molecular complexity index is 176. The van der Waals surface area contributed by atoms with Crippen LogP contribution in [0.15, 0.2) is 0 Å². The first-order valence-electron chi connectivity index (χ1n) is 4.49. The molecule has 0 heterocycles. The molecule has 0 saturated heterocycles. The second kappa shape index (κ2) is 2.23. The average Bonchev–Trinajstić information content (AvgIpc) is 2.40. The van der Waals surface area contributed by atoms with Gasteiger partial charge in [0.2, 0.25) is 0 Å². The zero-order valence-electron chi connectivity index (χ0n) is 6.68. The molecule has 0 aromatic heterocycles. The van der Waals surface area contributed by atoms with Crippen molar-refractivity contribution >= 4 is 5.97 Å². The topological polar surface area (TPSA) is 37.3 Å². The van der Waals surface area contributed by atoms with Crippen molar-refractivity contribution in [2.75, 3.05) is 0 Å². The van der Waals surface area contributed by atoms with Gasteiger partial charge < -0.3 is 5.11 Å². The fraction of sp³-hybridized carbons (Fsp3) is 0.889. The molecule has 0 bridgehead atoms. The fourth-order valence-electron chi connectivity index (χ4n) is 2.95. The van der Waals surface area contributed by atoms with Gasteiger partial charge in [0, 0.05) is 0 Å². The summed E-state index contributed by atoms with van der Waals surface area (Å²) in [6, 6.07) is 0. The molecule has 11 heavy (non-hydrogen) atoms. The lowest BCUT2D eigenvalue weighted by Crippen LogP contribution is -2.30. The lowest BCUT2D eigenvalue weighted by molar-refractivity contribution is -0.150. The molecule has 0 atom stereocenters. The zero-order valence-corrected chi connectivity index (χ0v) is 6.68. The van der Waals surface area contributed by atoms with E-state index in [9.17, 15) is 4.79 Å². The van der Waals surface area contributed by atoms with Gasteiger partial charge in [0.25, 0.3) is 0 Å². The van der Waals surface area contributed by atoms with Crippen LogP contribution in [0.3, 0.4) is 0 Å². The lowest BCUT2D eigenvalue weighted by atomic mass is 9.81. The van der Waals surface area contributed by atoms with Gasteiger partial charge in [-0.25, -0.2) is 0 Å². The average molecular weight is 154 g/mol. The second-order valence-electron chi connectivity index (χ2n) is 3.94. The Morgan fingerprint density at radius 3 is 2.18 bits per heavy atom. The number of carboxylic acid groups (broad SMARTS) is 1. The molecule has 1 N–H and O–H groups in total. The van der Waals surface area contributed by atoms with E-state index in [1.807, 2.05) is 0 Å². The number of carbonyl (C=O) groups is 1. The number of hydrogen-bond acceptors (Lipinski definition) is 1. The van der Waals surface area contributed by atoms with E-state index < -0.39 is 5.97 Å². The van der Waals surface area contributed by atoms with Crippen LogP contribution in [0.5, 0.6) is 0 Å². The van der Waals surface area contributed by atoms with E-state index in [-0.39, 0.29) is 5.41 Å². The molecule has 0 amide bonds. The van der Waals surface area contributed by atoms with Crippen molar-refractivity contribution in [1.29, 1.82) is 0 Å². The van der Waals surface area contributed by atoms with Crippen LogP contribution in [0.4, 0.5) is 0 Å². The quantitative estimate of drug-likeness (QED) is 0.627. The van der Waals surface area contributed by atoms with E-state index in [1.165, 1.54) is 0 Å². The van der Waals surface area contributed by atoms with Crippen LogP contribution >= 0.6 is 0 Å². The van der Waals surface area contributed by atoms with Gasteiger partial charge in [-0.1, -0.05) is 12.8 Å². The Morgan fingerprint density at radius 1 is 1.27 bits per heavy atom. The molecule has 2 aliphatic carbocycles. The van der Waals surface area contributed by atoms with Crippen LogP contribution in [-0.2, 0) is 4.79 Å². The van der Waals surface area contributed by atoms with Crippen molar-refractivity contribution in [2.24, 2.45) is 11.3 Å². The Balaban J connectivity index is 2.26. The van der Waals surface area contributed by atoms with Gasteiger partial charge >= 0.3 is 5.97 Å². The highest BCUT2D eigenvalue weighted by Gasteiger charge is 2.51. The number of fused-ring (bicyclic) bond motifs is 1. The summed E-state index contributed by atoms with van der Waals surface area (Å²) in [6.07, 6.45) is 6.46. The van der Waals surface area contributed by atoms with Crippen LogP contribution < -0.4 is 0 Å². The first-order chi connectivity index (χ1) is 5.26. The maximum absolute atomic E-state index is 11.0. The normalized spacial score (nSPS) is 42.4. The molecule has 0 aromatic carbocycles. The van der Waals surface area contributed by atoms with Gasteiger partial charge in [-0.3, -0.25) is 4.79 Å². The highest BCUT2D eigenvalue weighted by molar-refractivity contribution is 5.75. The first-order valence-corrected chi connectivity index (χ1v) is 4.49. The molecule has 0 spiro atoms. The monoisotopic (exact) mass is 154 g/mol. The number of hydrogen-bond donors (Lipinski definition) is 1. The van der Waals surface area contributed by atoms with E-state index in [0.717, 1.165) is 38.5 Å². The molecule has 0 aromatic rings. The van der Waals surface area contributed by atoms with Crippen molar-refractivity contribution in [3.63, 3.8) is 0 Å². The van der Waals surface area contributed by atoms with Gasteiger partial charge in [-0.05, 0) is 31.6 Å². The van der Waals surface area contributed by atoms with Gasteiger partial charge in [0.05, 0.1) is 5.41 Å². The summed E-state index contributed by atoms with van der Waals surface area (Å²) in [7, 11) is 0. The van der Waals surface area contributed by atoms with E-state index in [0.29, 0.717) is 5.92 Å². The number of aliphatic carboxylic acids is 1. The molecule has 2 aliphatic rings. The smallest absolute Gasteiger partial charge is 0.309 e. The third kappa shape index (κ3) is 0.815.